The van der Waals surface area contributed by atoms with E-state index in [0.717, 1.165) is 0 Å². The van der Waals surface area contributed by atoms with Crippen molar-refractivity contribution < 1.29 is 13.2 Å². The topological polar surface area (TPSA) is 43.4 Å². The van der Waals surface area contributed by atoms with Crippen LogP contribution in [-0.2, 0) is 14.6 Å². The minimum Gasteiger partial charge on any atom is -0.372 e. The van der Waals surface area contributed by atoms with Gasteiger partial charge in [0.2, 0.25) is 0 Å². The number of benzene rings is 1. The van der Waals surface area contributed by atoms with Gasteiger partial charge in [-0.05, 0) is 12.1 Å². The van der Waals surface area contributed by atoms with E-state index < -0.39 is 9.84 Å². The fourth-order valence-electron chi connectivity index (χ4n) is 1.21. The van der Waals surface area contributed by atoms with E-state index in [1.165, 1.54) is 7.11 Å². The molecule has 1 rings (SSSR count). The normalized spacial score (nSPS) is 10.4. The van der Waals surface area contributed by atoms with Gasteiger partial charge in [0.1, 0.15) is 6.61 Å². The van der Waals surface area contributed by atoms with Crippen molar-refractivity contribution >= 4 is 9.84 Å². The van der Waals surface area contributed by atoms with Crippen LogP contribution in [0.4, 0.5) is 0 Å². The van der Waals surface area contributed by atoms with Crippen LogP contribution in [0.3, 0.4) is 0 Å². The van der Waals surface area contributed by atoms with Crippen molar-refractivity contribution in [1.82, 2.24) is 0 Å². The van der Waals surface area contributed by atoms with Crippen LogP contribution < -0.4 is 0 Å². The number of hydrogen-bond acceptors (Lipinski definition) is 3. The van der Waals surface area contributed by atoms with Gasteiger partial charge < -0.3 is 4.74 Å². The van der Waals surface area contributed by atoms with Crippen LogP contribution in [0.25, 0.3) is 0 Å². The standard InChI is InChI=1S/C13H14O3S/c1-12(7-6-10-16-2)11-17(14,15)13-8-4-3-5-9-13/h3-5,8-9H,1,10-11H2,2H3. The Balaban J connectivity index is 2.76. The summed E-state index contributed by atoms with van der Waals surface area (Å²) in [5, 5.41) is 0. The van der Waals surface area contributed by atoms with Gasteiger partial charge in [-0.2, -0.15) is 0 Å². The molecule has 0 atom stereocenters. The molecular formula is C13H14O3S. The summed E-state index contributed by atoms with van der Waals surface area (Å²) in [5.74, 6) is 5.17. The van der Waals surface area contributed by atoms with E-state index in [2.05, 4.69) is 18.4 Å². The van der Waals surface area contributed by atoms with Crippen LogP contribution in [0, 0.1) is 11.8 Å². The minimum atomic E-state index is -3.34. The second-order valence-corrected chi connectivity index (χ2v) is 5.40. The van der Waals surface area contributed by atoms with Crippen molar-refractivity contribution in [3.63, 3.8) is 0 Å². The maximum Gasteiger partial charge on any atom is 0.183 e. The summed E-state index contributed by atoms with van der Waals surface area (Å²) >= 11 is 0. The number of methoxy groups -OCH3 is 1. The van der Waals surface area contributed by atoms with E-state index >= 15 is 0 Å². The Morgan fingerprint density at radius 1 is 1.35 bits per heavy atom. The molecule has 0 amide bonds. The molecular weight excluding hydrogens is 236 g/mol. The van der Waals surface area contributed by atoms with Crippen molar-refractivity contribution in [1.29, 1.82) is 0 Å². The molecule has 0 aromatic heterocycles. The van der Waals surface area contributed by atoms with E-state index in [4.69, 9.17) is 4.74 Å². The summed E-state index contributed by atoms with van der Waals surface area (Å²) in [6.45, 7) is 3.90. The summed E-state index contributed by atoms with van der Waals surface area (Å²) in [6, 6.07) is 8.26. The number of hydrogen-bond donors (Lipinski definition) is 0. The second-order valence-electron chi connectivity index (χ2n) is 3.41. The molecule has 0 saturated heterocycles. The fourth-order valence-corrected chi connectivity index (χ4v) is 2.48. The Morgan fingerprint density at radius 2 is 2.00 bits per heavy atom. The highest BCUT2D eigenvalue weighted by molar-refractivity contribution is 7.91. The monoisotopic (exact) mass is 250 g/mol. The third-order valence-electron chi connectivity index (χ3n) is 1.95. The molecule has 0 radical (unpaired) electrons. The molecule has 0 aliphatic heterocycles. The van der Waals surface area contributed by atoms with E-state index in [0.29, 0.717) is 5.57 Å². The predicted molar refractivity (Wildman–Crippen MR) is 67.3 cm³/mol. The Kier molecular flexibility index (Phi) is 4.95. The third kappa shape index (κ3) is 4.43. The van der Waals surface area contributed by atoms with Crippen LogP contribution in [0.15, 0.2) is 47.4 Å². The van der Waals surface area contributed by atoms with Gasteiger partial charge in [0.15, 0.2) is 9.84 Å². The van der Waals surface area contributed by atoms with E-state index in [-0.39, 0.29) is 17.3 Å². The Labute approximate surface area is 102 Å². The summed E-state index contributed by atoms with van der Waals surface area (Å²) in [4.78, 5) is 0.287. The molecule has 0 unspecified atom stereocenters. The lowest BCUT2D eigenvalue weighted by Crippen LogP contribution is -2.07. The third-order valence-corrected chi connectivity index (χ3v) is 3.67. The molecule has 1 aromatic rings. The lowest BCUT2D eigenvalue weighted by molar-refractivity contribution is 0.240. The first-order chi connectivity index (χ1) is 8.06. The van der Waals surface area contributed by atoms with Crippen molar-refractivity contribution in [2.45, 2.75) is 4.90 Å². The van der Waals surface area contributed by atoms with Gasteiger partial charge in [0.05, 0.1) is 10.6 Å². The average molecular weight is 250 g/mol. The maximum absolute atomic E-state index is 11.9. The molecule has 0 heterocycles. The highest BCUT2D eigenvalue weighted by Gasteiger charge is 2.14. The van der Waals surface area contributed by atoms with Gasteiger partial charge in [0.25, 0.3) is 0 Å². The zero-order chi connectivity index (χ0) is 12.7. The van der Waals surface area contributed by atoms with Crippen LogP contribution in [0.5, 0.6) is 0 Å². The SMILES string of the molecule is C=C(C#CCOC)CS(=O)(=O)c1ccccc1. The Bertz CT molecular complexity index is 533. The zero-order valence-electron chi connectivity index (χ0n) is 9.64. The first-order valence-corrected chi connectivity index (χ1v) is 6.65. The molecule has 0 N–H and O–H groups in total. The van der Waals surface area contributed by atoms with Crippen molar-refractivity contribution in [3.05, 3.63) is 42.5 Å². The van der Waals surface area contributed by atoms with Gasteiger partial charge in [-0.15, -0.1) is 0 Å². The number of sulfone groups is 1. The Hall–Kier alpha value is -1.57. The molecule has 0 saturated carbocycles. The second kappa shape index (κ2) is 6.24. The smallest absolute Gasteiger partial charge is 0.183 e. The highest BCUT2D eigenvalue weighted by Crippen LogP contribution is 2.12. The van der Waals surface area contributed by atoms with Gasteiger partial charge >= 0.3 is 0 Å². The molecule has 0 aliphatic rings. The summed E-state index contributed by atoms with van der Waals surface area (Å²) < 4.78 is 28.6. The summed E-state index contributed by atoms with van der Waals surface area (Å²) in [7, 11) is -1.81. The molecule has 0 spiro atoms. The molecule has 90 valence electrons. The Morgan fingerprint density at radius 3 is 2.59 bits per heavy atom. The summed E-state index contributed by atoms with van der Waals surface area (Å²) in [6.07, 6.45) is 0. The van der Waals surface area contributed by atoms with Gasteiger partial charge in [-0.25, -0.2) is 8.42 Å². The maximum atomic E-state index is 11.9. The molecule has 17 heavy (non-hydrogen) atoms. The molecule has 0 fully saturated rings. The molecule has 3 nitrogen and oxygen atoms in total. The number of rotatable bonds is 4. The average Bonchev–Trinajstić information content (AvgIpc) is 2.30. The van der Waals surface area contributed by atoms with Crippen molar-refractivity contribution in [3.8, 4) is 11.8 Å². The minimum absolute atomic E-state index is 0.159. The molecule has 0 bridgehead atoms. The van der Waals surface area contributed by atoms with Crippen molar-refractivity contribution in [2.75, 3.05) is 19.5 Å². The van der Waals surface area contributed by atoms with Crippen LogP contribution in [-0.4, -0.2) is 27.9 Å². The van der Waals surface area contributed by atoms with Crippen LogP contribution >= 0.6 is 0 Å². The van der Waals surface area contributed by atoms with Gasteiger partial charge in [0, 0.05) is 12.7 Å². The van der Waals surface area contributed by atoms with Crippen molar-refractivity contribution in [2.24, 2.45) is 0 Å². The quantitative estimate of drug-likeness (QED) is 0.763. The van der Waals surface area contributed by atoms with E-state index in [9.17, 15) is 8.42 Å². The zero-order valence-corrected chi connectivity index (χ0v) is 10.5. The predicted octanol–water partition coefficient (Wildman–Crippen LogP) is 1.67. The largest absolute Gasteiger partial charge is 0.372 e. The van der Waals surface area contributed by atoms with Gasteiger partial charge in [-0.3, -0.25) is 0 Å². The van der Waals surface area contributed by atoms with Gasteiger partial charge in [-0.1, -0.05) is 36.6 Å². The lowest BCUT2D eigenvalue weighted by Gasteiger charge is -2.02. The fraction of sp³-hybridized carbons (Fsp3) is 0.231. The first-order valence-electron chi connectivity index (χ1n) is 4.99. The van der Waals surface area contributed by atoms with Crippen LogP contribution in [0.1, 0.15) is 0 Å². The first kappa shape index (κ1) is 13.5. The van der Waals surface area contributed by atoms with E-state index in [1.54, 1.807) is 30.3 Å². The molecule has 0 aliphatic carbocycles. The van der Waals surface area contributed by atoms with E-state index in [1.807, 2.05) is 0 Å². The van der Waals surface area contributed by atoms with Crippen LogP contribution in [0.2, 0.25) is 0 Å². The lowest BCUT2D eigenvalue weighted by atomic mass is 10.3. The molecule has 1 aromatic carbocycles. The number of ether oxygens (including phenoxy) is 1. The molecule has 4 heteroatoms. The highest BCUT2D eigenvalue weighted by atomic mass is 32.2. The summed E-state index contributed by atoms with van der Waals surface area (Å²) in [5.41, 5.74) is 0.367.